The molecule has 0 bridgehead atoms. The van der Waals surface area contributed by atoms with Crippen LogP contribution in [-0.4, -0.2) is 23.2 Å². The number of aliphatic carboxylic acids is 1. The Kier molecular flexibility index (Phi) is 1.92. The quantitative estimate of drug-likeness (QED) is 0.593. The summed E-state index contributed by atoms with van der Waals surface area (Å²) in [6.45, 7) is 2.24. The fourth-order valence-corrected chi connectivity index (χ4v) is 1.01. The number of rotatable bonds is 3. The zero-order valence-corrected chi connectivity index (χ0v) is 5.89. The molecule has 2 N–H and O–H groups in total. The molecule has 0 amide bonds. The van der Waals surface area contributed by atoms with Crippen molar-refractivity contribution in [3.05, 3.63) is 0 Å². The predicted octanol–water partition coefficient (Wildman–Crippen LogP) is 0.145. The molecule has 4 heteroatoms. The Morgan fingerprint density at radius 3 is 2.60 bits per heavy atom. The summed E-state index contributed by atoms with van der Waals surface area (Å²) in [4.78, 5) is 15.2. The molecule has 1 atom stereocenters. The third-order valence-electron chi connectivity index (χ3n) is 1.67. The average molecular weight is 145 g/mol. The molecular formula is C6H11NO3. The molecule has 1 heterocycles. The number of carboxylic acid groups (broad SMARTS) is 1. The molecule has 4 nitrogen and oxygen atoms in total. The summed E-state index contributed by atoms with van der Waals surface area (Å²) in [5.41, 5.74) is 1.68. The third-order valence-corrected chi connectivity index (χ3v) is 1.67. The van der Waals surface area contributed by atoms with Crippen molar-refractivity contribution in [1.82, 2.24) is 5.48 Å². The molecule has 0 spiro atoms. The van der Waals surface area contributed by atoms with E-state index in [0.717, 1.165) is 6.42 Å². The van der Waals surface area contributed by atoms with Crippen LogP contribution in [0.15, 0.2) is 0 Å². The minimum Gasteiger partial charge on any atom is -0.480 e. The van der Waals surface area contributed by atoms with Crippen LogP contribution >= 0.6 is 0 Å². The second kappa shape index (κ2) is 2.56. The number of carbonyl (C=O) groups is 1. The Balaban J connectivity index is 2.50. The highest BCUT2D eigenvalue weighted by molar-refractivity contribution is 5.79. The summed E-state index contributed by atoms with van der Waals surface area (Å²) in [6, 6.07) is 0. The lowest BCUT2D eigenvalue weighted by Crippen LogP contribution is -2.64. The van der Waals surface area contributed by atoms with Crippen LogP contribution in [0.3, 0.4) is 0 Å². The molecular weight excluding hydrogens is 134 g/mol. The first-order valence-electron chi connectivity index (χ1n) is 3.33. The number of carboxylic acids is 1. The minimum absolute atomic E-state index is 0.288. The topological polar surface area (TPSA) is 58.6 Å². The molecule has 0 aromatic carbocycles. The summed E-state index contributed by atoms with van der Waals surface area (Å²) in [5, 5.41) is 8.67. The van der Waals surface area contributed by atoms with Gasteiger partial charge in [0.2, 0.25) is 0 Å². The summed E-state index contributed by atoms with van der Waals surface area (Å²) >= 11 is 0. The second-order valence-electron chi connectivity index (χ2n) is 2.53. The van der Waals surface area contributed by atoms with Crippen molar-refractivity contribution in [3.8, 4) is 0 Å². The highest BCUT2D eigenvalue weighted by Gasteiger charge is 2.45. The van der Waals surface area contributed by atoms with Gasteiger partial charge in [0.05, 0.1) is 6.61 Å². The van der Waals surface area contributed by atoms with Crippen molar-refractivity contribution in [3.63, 3.8) is 0 Å². The van der Waals surface area contributed by atoms with Gasteiger partial charge < -0.3 is 5.11 Å². The molecule has 0 aromatic rings. The fraction of sp³-hybridized carbons (Fsp3) is 0.833. The van der Waals surface area contributed by atoms with Crippen LogP contribution in [0.2, 0.25) is 0 Å². The van der Waals surface area contributed by atoms with Crippen LogP contribution in [0.4, 0.5) is 0 Å². The van der Waals surface area contributed by atoms with Gasteiger partial charge in [0.1, 0.15) is 0 Å². The smallest absolute Gasteiger partial charge is 0.328 e. The fourth-order valence-electron chi connectivity index (χ4n) is 1.01. The van der Waals surface area contributed by atoms with Crippen molar-refractivity contribution in [1.29, 1.82) is 0 Å². The van der Waals surface area contributed by atoms with E-state index in [9.17, 15) is 4.79 Å². The zero-order chi connectivity index (χ0) is 7.61. The first-order chi connectivity index (χ1) is 4.71. The highest BCUT2D eigenvalue weighted by Crippen LogP contribution is 2.20. The maximum atomic E-state index is 10.6. The molecule has 0 radical (unpaired) electrons. The molecule has 1 unspecified atom stereocenters. The molecule has 58 valence electrons. The Labute approximate surface area is 59.1 Å². The molecule has 0 aromatic heterocycles. The Morgan fingerprint density at radius 2 is 2.50 bits per heavy atom. The minimum atomic E-state index is -0.819. The van der Waals surface area contributed by atoms with E-state index in [4.69, 9.17) is 5.11 Å². The molecule has 1 aliphatic heterocycles. The van der Waals surface area contributed by atoms with Crippen molar-refractivity contribution in [2.24, 2.45) is 0 Å². The SMILES string of the molecule is CCCC1(C(=O)O)CON1. The lowest BCUT2D eigenvalue weighted by Gasteiger charge is -2.37. The predicted molar refractivity (Wildman–Crippen MR) is 34.4 cm³/mol. The van der Waals surface area contributed by atoms with E-state index >= 15 is 0 Å². The highest BCUT2D eigenvalue weighted by atomic mass is 16.7. The molecule has 1 rings (SSSR count). The summed E-state index contributed by atoms with van der Waals surface area (Å²) in [6.07, 6.45) is 1.48. The van der Waals surface area contributed by atoms with Gasteiger partial charge in [-0.3, -0.25) is 9.63 Å². The molecule has 10 heavy (non-hydrogen) atoms. The summed E-state index contributed by atoms with van der Waals surface area (Å²) < 4.78 is 0. The van der Waals surface area contributed by atoms with Crippen molar-refractivity contribution in [2.75, 3.05) is 6.61 Å². The van der Waals surface area contributed by atoms with Crippen molar-refractivity contribution in [2.45, 2.75) is 25.3 Å². The monoisotopic (exact) mass is 145 g/mol. The van der Waals surface area contributed by atoms with E-state index in [1.807, 2.05) is 6.92 Å². The Hall–Kier alpha value is -0.610. The van der Waals surface area contributed by atoms with Crippen LogP contribution in [0, 0.1) is 0 Å². The normalized spacial score (nSPS) is 31.3. The van der Waals surface area contributed by atoms with Crippen molar-refractivity contribution < 1.29 is 14.7 Å². The van der Waals surface area contributed by atoms with Crippen LogP contribution in [0.25, 0.3) is 0 Å². The second-order valence-corrected chi connectivity index (χ2v) is 2.53. The van der Waals surface area contributed by atoms with Gasteiger partial charge in [-0.15, -0.1) is 0 Å². The largest absolute Gasteiger partial charge is 0.480 e. The van der Waals surface area contributed by atoms with E-state index in [0.29, 0.717) is 6.42 Å². The summed E-state index contributed by atoms with van der Waals surface area (Å²) in [5.74, 6) is -0.819. The van der Waals surface area contributed by atoms with Gasteiger partial charge in [-0.05, 0) is 6.42 Å². The van der Waals surface area contributed by atoms with Gasteiger partial charge in [0.25, 0.3) is 0 Å². The van der Waals surface area contributed by atoms with Gasteiger partial charge in [0, 0.05) is 0 Å². The Morgan fingerprint density at radius 1 is 1.90 bits per heavy atom. The van der Waals surface area contributed by atoms with Crippen LogP contribution in [0.1, 0.15) is 19.8 Å². The van der Waals surface area contributed by atoms with Gasteiger partial charge in [-0.25, -0.2) is 0 Å². The lowest BCUT2D eigenvalue weighted by atomic mass is 9.94. The standard InChI is InChI=1S/C6H11NO3/c1-2-3-6(5(8)9)4-10-7-6/h7H,2-4H2,1H3,(H,8,9). The van der Waals surface area contributed by atoms with Gasteiger partial charge in [-0.2, -0.15) is 5.48 Å². The number of nitrogens with one attached hydrogen (secondary N) is 1. The van der Waals surface area contributed by atoms with Crippen LogP contribution in [0.5, 0.6) is 0 Å². The van der Waals surface area contributed by atoms with E-state index in [1.54, 1.807) is 0 Å². The van der Waals surface area contributed by atoms with E-state index in [2.05, 4.69) is 10.3 Å². The van der Waals surface area contributed by atoms with Crippen molar-refractivity contribution >= 4 is 5.97 Å². The first-order valence-corrected chi connectivity index (χ1v) is 3.33. The number of hydroxylamine groups is 1. The number of hydrogen-bond acceptors (Lipinski definition) is 3. The molecule has 0 aliphatic carbocycles. The summed E-state index contributed by atoms with van der Waals surface area (Å²) in [7, 11) is 0. The van der Waals surface area contributed by atoms with Crippen LogP contribution in [-0.2, 0) is 9.63 Å². The first kappa shape index (κ1) is 7.50. The van der Waals surface area contributed by atoms with Gasteiger partial charge in [0.15, 0.2) is 5.54 Å². The lowest BCUT2D eigenvalue weighted by molar-refractivity contribution is -0.194. The maximum Gasteiger partial charge on any atom is 0.328 e. The third kappa shape index (κ3) is 0.998. The molecule has 1 aliphatic rings. The molecule has 1 fully saturated rings. The van der Waals surface area contributed by atoms with E-state index in [1.165, 1.54) is 0 Å². The van der Waals surface area contributed by atoms with Gasteiger partial charge >= 0.3 is 5.97 Å². The zero-order valence-electron chi connectivity index (χ0n) is 5.89. The van der Waals surface area contributed by atoms with Crippen LogP contribution < -0.4 is 5.48 Å². The Bertz CT molecular complexity index is 142. The number of hydrogen-bond donors (Lipinski definition) is 2. The van der Waals surface area contributed by atoms with E-state index in [-0.39, 0.29) is 6.61 Å². The molecule has 1 saturated heterocycles. The average Bonchev–Trinajstić information content (AvgIpc) is 1.77. The molecule has 0 saturated carbocycles. The van der Waals surface area contributed by atoms with E-state index < -0.39 is 11.5 Å². The van der Waals surface area contributed by atoms with Gasteiger partial charge in [-0.1, -0.05) is 13.3 Å². The maximum absolute atomic E-state index is 10.6.